The highest BCUT2D eigenvalue weighted by Gasteiger charge is 2.34. The van der Waals surface area contributed by atoms with Crippen LogP contribution in [0, 0.1) is 11.8 Å². The van der Waals surface area contributed by atoms with E-state index in [1.54, 1.807) is 29.2 Å². The Kier molecular flexibility index (Phi) is 8.69. The zero-order chi connectivity index (χ0) is 22.3. The number of nitrogens with one attached hydrogen (secondary N) is 3. The van der Waals surface area contributed by atoms with E-state index >= 15 is 0 Å². The summed E-state index contributed by atoms with van der Waals surface area (Å²) in [6.45, 7) is 11.1. The van der Waals surface area contributed by atoms with Crippen LogP contribution in [0.2, 0.25) is 0 Å². The molecule has 1 aromatic carbocycles. The number of piperidine rings is 1. The molecular formula is C23H36N4O3. The first kappa shape index (κ1) is 23.7. The van der Waals surface area contributed by atoms with Crippen LogP contribution in [0.15, 0.2) is 30.3 Å². The van der Waals surface area contributed by atoms with Crippen molar-refractivity contribution in [3.8, 4) is 0 Å². The van der Waals surface area contributed by atoms with Crippen LogP contribution in [0.3, 0.4) is 0 Å². The third-order valence-corrected chi connectivity index (χ3v) is 5.69. The molecule has 0 aromatic heterocycles. The second-order valence-corrected chi connectivity index (χ2v) is 8.79. The molecule has 0 unspecified atom stereocenters. The first-order chi connectivity index (χ1) is 14.2. The lowest BCUT2D eigenvalue weighted by molar-refractivity contribution is -0.125. The number of urea groups is 1. The fraction of sp³-hybridized carbons (Fsp3) is 0.609. The topological polar surface area (TPSA) is 90.5 Å². The van der Waals surface area contributed by atoms with Crippen LogP contribution < -0.4 is 16.0 Å². The maximum absolute atomic E-state index is 13.1. The Morgan fingerprint density at radius 1 is 0.900 bits per heavy atom. The summed E-state index contributed by atoms with van der Waals surface area (Å²) >= 11 is 0. The average Bonchev–Trinajstić information content (AvgIpc) is 2.71. The molecule has 2 atom stereocenters. The van der Waals surface area contributed by atoms with E-state index < -0.39 is 6.04 Å². The van der Waals surface area contributed by atoms with Crippen LogP contribution in [0.1, 0.15) is 57.8 Å². The minimum Gasteiger partial charge on any atom is -0.352 e. The number of likely N-dealkylation sites (tertiary alicyclic amines) is 1. The van der Waals surface area contributed by atoms with Gasteiger partial charge in [-0.2, -0.15) is 0 Å². The van der Waals surface area contributed by atoms with Crippen LogP contribution in [-0.2, 0) is 4.79 Å². The second kappa shape index (κ2) is 11.0. The predicted octanol–water partition coefficient (Wildman–Crippen LogP) is 2.78. The fourth-order valence-electron chi connectivity index (χ4n) is 3.47. The molecule has 1 fully saturated rings. The Hall–Kier alpha value is -2.57. The Morgan fingerprint density at radius 3 is 2.03 bits per heavy atom. The molecule has 0 aliphatic carbocycles. The third-order valence-electron chi connectivity index (χ3n) is 5.69. The SMILES string of the molecule is CC(C)NC(=O)N1CCC([C@H](NC(=O)c2ccccc2)C(=O)N[C@H](C)C(C)C)CC1. The molecule has 0 spiro atoms. The van der Waals surface area contributed by atoms with E-state index in [1.807, 2.05) is 40.7 Å². The van der Waals surface area contributed by atoms with Gasteiger partial charge in [0, 0.05) is 30.7 Å². The molecule has 1 aromatic rings. The molecular weight excluding hydrogens is 380 g/mol. The Balaban J connectivity index is 2.08. The average molecular weight is 417 g/mol. The summed E-state index contributed by atoms with van der Waals surface area (Å²) in [6.07, 6.45) is 1.32. The summed E-state index contributed by atoms with van der Waals surface area (Å²) < 4.78 is 0. The minimum atomic E-state index is -0.630. The van der Waals surface area contributed by atoms with Gasteiger partial charge in [-0.15, -0.1) is 0 Å². The number of benzene rings is 1. The van der Waals surface area contributed by atoms with E-state index in [-0.39, 0.29) is 35.8 Å². The molecule has 7 nitrogen and oxygen atoms in total. The highest BCUT2D eigenvalue weighted by Crippen LogP contribution is 2.22. The largest absolute Gasteiger partial charge is 0.352 e. The van der Waals surface area contributed by atoms with Crippen molar-refractivity contribution in [3.05, 3.63) is 35.9 Å². The summed E-state index contributed by atoms with van der Waals surface area (Å²) in [4.78, 5) is 39.9. The number of hydrogen-bond acceptors (Lipinski definition) is 3. The number of carbonyl (C=O) groups excluding carboxylic acids is 3. The first-order valence-electron chi connectivity index (χ1n) is 10.9. The molecule has 30 heavy (non-hydrogen) atoms. The van der Waals surface area contributed by atoms with Gasteiger partial charge in [0.1, 0.15) is 6.04 Å². The Labute approximate surface area is 180 Å². The number of amides is 4. The standard InChI is InChI=1S/C23H36N4O3/c1-15(2)17(5)25-22(29)20(26-21(28)19-9-7-6-8-10-19)18-11-13-27(14-12-18)23(30)24-16(3)4/h6-10,15-18,20H,11-14H2,1-5H3,(H,24,30)(H,25,29)(H,26,28)/t17-,20+/m1/s1. The van der Waals surface area contributed by atoms with Gasteiger partial charge in [-0.1, -0.05) is 32.0 Å². The zero-order valence-electron chi connectivity index (χ0n) is 18.8. The Morgan fingerprint density at radius 2 is 1.50 bits per heavy atom. The summed E-state index contributed by atoms with van der Waals surface area (Å²) in [5.41, 5.74) is 0.529. The lowest BCUT2D eigenvalue weighted by Crippen LogP contribution is -2.56. The normalized spacial score (nSPS) is 16.8. The molecule has 1 aliphatic rings. The minimum absolute atomic E-state index is 0.00513. The smallest absolute Gasteiger partial charge is 0.317 e. The summed E-state index contributed by atoms with van der Waals surface area (Å²) in [5.74, 6) is -0.153. The molecule has 0 bridgehead atoms. The van der Waals surface area contributed by atoms with Crippen molar-refractivity contribution < 1.29 is 14.4 Å². The van der Waals surface area contributed by atoms with Crippen molar-refractivity contribution in [2.45, 2.75) is 65.6 Å². The van der Waals surface area contributed by atoms with Gasteiger partial charge < -0.3 is 20.9 Å². The molecule has 0 radical (unpaired) electrons. The van der Waals surface area contributed by atoms with Gasteiger partial charge in [-0.3, -0.25) is 9.59 Å². The van der Waals surface area contributed by atoms with Crippen molar-refractivity contribution >= 4 is 17.8 Å². The zero-order valence-corrected chi connectivity index (χ0v) is 18.8. The molecule has 4 amide bonds. The fourth-order valence-corrected chi connectivity index (χ4v) is 3.47. The van der Waals surface area contributed by atoms with Gasteiger partial charge in [0.15, 0.2) is 0 Å². The van der Waals surface area contributed by atoms with E-state index in [0.717, 1.165) is 0 Å². The molecule has 166 valence electrons. The van der Waals surface area contributed by atoms with Crippen LogP contribution >= 0.6 is 0 Å². The van der Waals surface area contributed by atoms with Crippen molar-refractivity contribution in [1.29, 1.82) is 0 Å². The van der Waals surface area contributed by atoms with Crippen molar-refractivity contribution in [1.82, 2.24) is 20.9 Å². The van der Waals surface area contributed by atoms with E-state index in [1.165, 1.54) is 0 Å². The molecule has 1 heterocycles. The third kappa shape index (κ3) is 6.75. The van der Waals surface area contributed by atoms with Gasteiger partial charge in [-0.25, -0.2) is 4.79 Å². The van der Waals surface area contributed by atoms with Crippen LogP contribution in [-0.4, -0.2) is 54.0 Å². The van der Waals surface area contributed by atoms with Crippen LogP contribution in [0.25, 0.3) is 0 Å². The lowest BCUT2D eigenvalue weighted by Gasteiger charge is -2.36. The monoisotopic (exact) mass is 416 g/mol. The second-order valence-electron chi connectivity index (χ2n) is 8.79. The number of hydrogen-bond donors (Lipinski definition) is 3. The van der Waals surface area contributed by atoms with Gasteiger partial charge in [-0.05, 0) is 57.6 Å². The number of rotatable bonds is 7. The number of carbonyl (C=O) groups is 3. The summed E-state index contributed by atoms with van der Waals surface area (Å²) in [7, 11) is 0. The van der Waals surface area contributed by atoms with E-state index in [9.17, 15) is 14.4 Å². The van der Waals surface area contributed by atoms with E-state index in [2.05, 4.69) is 16.0 Å². The first-order valence-corrected chi connectivity index (χ1v) is 10.9. The molecule has 1 aliphatic heterocycles. The maximum atomic E-state index is 13.1. The number of nitrogens with zero attached hydrogens (tertiary/aromatic N) is 1. The predicted molar refractivity (Wildman–Crippen MR) is 118 cm³/mol. The quantitative estimate of drug-likeness (QED) is 0.638. The van der Waals surface area contributed by atoms with Crippen molar-refractivity contribution in [2.24, 2.45) is 11.8 Å². The van der Waals surface area contributed by atoms with E-state index in [4.69, 9.17) is 0 Å². The molecule has 0 saturated carbocycles. The van der Waals surface area contributed by atoms with Crippen molar-refractivity contribution in [3.63, 3.8) is 0 Å². The molecule has 1 saturated heterocycles. The molecule has 7 heteroatoms. The van der Waals surface area contributed by atoms with Gasteiger partial charge in [0.2, 0.25) is 5.91 Å². The summed E-state index contributed by atoms with van der Waals surface area (Å²) in [5, 5.41) is 8.91. The molecule has 2 rings (SSSR count). The van der Waals surface area contributed by atoms with Crippen LogP contribution in [0.4, 0.5) is 4.79 Å². The lowest BCUT2D eigenvalue weighted by atomic mass is 9.88. The highest BCUT2D eigenvalue weighted by molar-refractivity contribution is 5.97. The van der Waals surface area contributed by atoms with E-state index in [0.29, 0.717) is 37.4 Å². The summed E-state index contributed by atoms with van der Waals surface area (Å²) in [6, 6.07) is 8.30. The highest BCUT2D eigenvalue weighted by atomic mass is 16.2. The molecule has 3 N–H and O–H groups in total. The van der Waals surface area contributed by atoms with Crippen LogP contribution in [0.5, 0.6) is 0 Å². The Bertz CT molecular complexity index is 712. The van der Waals surface area contributed by atoms with Gasteiger partial charge >= 0.3 is 6.03 Å². The van der Waals surface area contributed by atoms with Crippen molar-refractivity contribution in [2.75, 3.05) is 13.1 Å². The maximum Gasteiger partial charge on any atom is 0.317 e. The van der Waals surface area contributed by atoms with Gasteiger partial charge in [0.25, 0.3) is 5.91 Å². The van der Waals surface area contributed by atoms with Gasteiger partial charge in [0.05, 0.1) is 0 Å².